The van der Waals surface area contributed by atoms with Crippen molar-refractivity contribution in [1.82, 2.24) is 15.0 Å². The predicted octanol–water partition coefficient (Wildman–Crippen LogP) is 6.79. The molecule has 5 aromatic rings. The van der Waals surface area contributed by atoms with Crippen molar-refractivity contribution >= 4 is 5.97 Å². The van der Waals surface area contributed by atoms with E-state index in [2.05, 4.69) is 15.0 Å². The Kier molecular flexibility index (Phi) is 6.19. The maximum absolute atomic E-state index is 14.8. The highest BCUT2D eigenvalue weighted by molar-refractivity contribution is 6.03. The molecule has 0 aliphatic rings. The van der Waals surface area contributed by atoms with Crippen molar-refractivity contribution in [2.75, 3.05) is 0 Å². The first-order valence-electron chi connectivity index (χ1n) is 10.9. The summed E-state index contributed by atoms with van der Waals surface area (Å²) in [6.45, 7) is 0. The molecule has 2 aromatic carbocycles. The number of nitrogens with zero attached hydrogens (tertiary/aromatic N) is 3. The minimum absolute atomic E-state index is 0.00683. The second-order valence-electron chi connectivity index (χ2n) is 7.93. The topological polar surface area (TPSA) is 76.0 Å². The van der Waals surface area contributed by atoms with Gasteiger partial charge in [0.05, 0.1) is 11.4 Å². The molecule has 37 heavy (non-hydrogen) atoms. The Morgan fingerprint density at radius 1 is 0.595 bits per heavy atom. The maximum atomic E-state index is 14.8. The molecule has 1 N–H and O–H groups in total. The Morgan fingerprint density at radius 2 is 1.14 bits per heavy atom. The summed E-state index contributed by atoms with van der Waals surface area (Å²) < 4.78 is 56.7. The zero-order valence-electron chi connectivity index (χ0n) is 18.8. The molecule has 0 atom stereocenters. The van der Waals surface area contributed by atoms with Gasteiger partial charge in [0.15, 0.2) is 5.69 Å². The number of hydrogen-bond donors (Lipinski definition) is 1. The highest BCUT2D eigenvalue weighted by atomic mass is 19.1. The fraction of sp³-hybridized carbons (Fsp3) is 0. The van der Waals surface area contributed by atoms with Gasteiger partial charge in [0.1, 0.15) is 23.3 Å². The number of halogens is 4. The van der Waals surface area contributed by atoms with Gasteiger partial charge in [-0.3, -0.25) is 9.97 Å². The summed E-state index contributed by atoms with van der Waals surface area (Å²) in [4.78, 5) is 24.8. The second kappa shape index (κ2) is 9.62. The third-order valence-electron chi connectivity index (χ3n) is 5.70. The number of aromatic nitrogens is 3. The number of carboxylic acid groups (broad SMARTS) is 1. The highest BCUT2D eigenvalue weighted by Gasteiger charge is 2.25. The van der Waals surface area contributed by atoms with Crippen LogP contribution in [0.2, 0.25) is 0 Å². The second-order valence-corrected chi connectivity index (χ2v) is 7.93. The molecule has 0 aliphatic heterocycles. The first-order chi connectivity index (χ1) is 17.8. The summed E-state index contributed by atoms with van der Waals surface area (Å²) in [5.74, 6) is -4.67. The van der Waals surface area contributed by atoms with Crippen molar-refractivity contribution in [1.29, 1.82) is 0 Å². The van der Waals surface area contributed by atoms with Crippen LogP contribution in [0.25, 0.3) is 44.8 Å². The summed E-state index contributed by atoms with van der Waals surface area (Å²) in [7, 11) is 0. The SMILES string of the molecule is O=C(O)c1nccc(-c2cccnc2-c2ccc(F)cc2F)c1-c1cccnc1-c1ccc(F)cc1F. The van der Waals surface area contributed by atoms with Crippen LogP contribution in [0, 0.1) is 23.3 Å². The van der Waals surface area contributed by atoms with E-state index in [-0.39, 0.29) is 44.9 Å². The Bertz CT molecular complexity index is 1670. The molecule has 0 radical (unpaired) electrons. The van der Waals surface area contributed by atoms with Crippen molar-refractivity contribution in [3.63, 3.8) is 0 Å². The zero-order valence-corrected chi connectivity index (χ0v) is 18.8. The van der Waals surface area contributed by atoms with Crippen LogP contribution in [0.15, 0.2) is 85.3 Å². The van der Waals surface area contributed by atoms with E-state index >= 15 is 0 Å². The van der Waals surface area contributed by atoms with E-state index in [1.807, 2.05) is 0 Å². The Hall–Kier alpha value is -4.92. The molecule has 0 aliphatic carbocycles. The average Bonchev–Trinajstić information content (AvgIpc) is 2.88. The van der Waals surface area contributed by atoms with Crippen LogP contribution in [-0.2, 0) is 0 Å². The van der Waals surface area contributed by atoms with Gasteiger partial charge < -0.3 is 5.11 Å². The standard InChI is InChI=1S/C28H15F4N3O2/c29-15-5-7-19(22(31)13-15)25-18(3-1-10-33-25)17-9-12-35-27(28(36)37)24(17)21-4-2-11-34-26(21)20-8-6-16(30)14-23(20)32/h1-14H,(H,36,37). The largest absolute Gasteiger partial charge is 0.476 e. The zero-order chi connectivity index (χ0) is 26.1. The molecule has 0 spiro atoms. The highest BCUT2D eigenvalue weighted by Crippen LogP contribution is 2.42. The van der Waals surface area contributed by atoms with Crippen LogP contribution in [0.4, 0.5) is 17.6 Å². The molecule has 0 fully saturated rings. The molecule has 3 heterocycles. The third-order valence-corrected chi connectivity index (χ3v) is 5.70. The van der Waals surface area contributed by atoms with Crippen LogP contribution in [0.1, 0.15) is 10.5 Å². The van der Waals surface area contributed by atoms with Gasteiger partial charge in [-0.2, -0.15) is 0 Å². The van der Waals surface area contributed by atoms with Crippen LogP contribution in [-0.4, -0.2) is 26.0 Å². The van der Waals surface area contributed by atoms with E-state index in [0.29, 0.717) is 11.6 Å². The molecule has 0 saturated carbocycles. The number of carbonyl (C=O) groups is 1. The Morgan fingerprint density at radius 3 is 1.68 bits per heavy atom. The summed E-state index contributed by atoms with van der Waals surface area (Å²) >= 11 is 0. The monoisotopic (exact) mass is 501 g/mol. The van der Waals surface area contributed by atoms with E-state index in [0.717, 1.165) is 18.2 Å². The maximum Gasteiger partial charge on any atom is 0.355 e. The molecule has 0 saturated heterocycles. The summed E-state index contributed by atoms with van der Waals surface area (Å²) in [5, 5.41) is 9.99. The van der Waals surface area contributed by atoms with Crippen LogP contribution in [0.3, 0.4) is 0 Å². The van der Waals surface area contributed by atoms with E-state index in [9.17, 15) is 27.5 Å². The quantitative estimate of drug-likeness (QED) is 0.268. The van der Waals surface area contributed by atoms with Gasteiger partial charge in [0.25, 0.3) is 0 Å². The summed E-state index contributed by atoms with van der Waals surface area (Å²) in [6, 6.07) is 13.8. The number of rotatable bonds is 5. The first kappa shape index (κ1) is 23.8. The number of benzene rings is 2. The minimum atomic E-state index is -1.37. The first-order valence-corrected chi connectivity index (χ1v) is 10.9. The van der Waals surface area contributed by atoms with Crippen molar-refractivity contribution in [3.8, 4) is 44.8 Å². The van der Waals surface area contributed by atoms with E-state index in [1.165, 1.54) is 48.9 Å². The minimum Gasteiger partial charge on any atom is -0.476 e. The van der Waals surface area contributed by atoms with Gasteiger partial charge in [-0.05, 0) is 48.0 Å². The molecular weight excluding hydrogens is 486 g/mol. The van der Waals surface area contributed by atoms with Crippen molar-refractivity contribution < 1.29 is 27.5 Å². The van der Waals surface area contributed by atoms with Gasteiger partial charge in [-0.1, -0.05) is 12.1 Å². The summed E-state index contributed by atoms with van der Waals surface area (Å²) in [6.07, 6.45) is 4.08. The lowest BCUT2D eigenvalue weighted by molar-refractivity contribution is 0.0691. The lowest BCUT2D eigenvalue weighted by Gasteiger charge is -2.18. The van der Waals surface area contributed by atoms with Crippen molar-refractivity contribution in [2.45, 2.75) is 0 Å². The van der Waals surface area contributed by atoms with Gasteiger partial charge in [0.2, 0.25) is 0 Å². The molecule has 9 heteroatoms. The van der Waals surface area contributed by atoms with Crippen molar-refractivity contribution in [2.24, 2.45) is 0 Å². The molecule has 0 amide bonds. The molecule has 182 valence electrons. The number of hydrogen-bond acceptors (Lipinski definition) is 4. The van der Waals surface area contributed by atoms with Crippen LogP contribution < -0.4 is 0 Å². The Balaban J connectivity index is 1.83. The lowest BCUT2D eigenvalue weighted by Crippen LogP contribution is -2.06. The van der Waals surface area contributed by atoms with Crippen LogP contribution in [0.5, 0.6) is 0 Å². The van der Waals surface area contributed by atoms with Gasteiger partial charge in [-0.15, -0.1) is 0 Å². The molecular formula is C28H15F4N3O2. The van der Waals surface area contributed by atoms with E-state index in [1.54, 1.807) is 12.1 Å². The fourth-order valence-electron chi connectivity index (χ4n) is 4.14. The average molecular weight is 501 g/mol. The predicted molar refractivity (Wildman–Crippen MR) is 128 cm³/mol. The molecule has 5 rings (SSSR count). The van der Waals surface area contributed by atoms with Crippen LogP contribution >= 0.6 is 0 Å². The van der Waals surface area contributed by atoms with E-state index in [4.69, 9.17) is 0 Å². The van der Waals surface area contributed by atoms with Gasteiger partial charge >= 0.3 is 5.97 Å². The number of aromatic carboxylic acids is 1. The Labute approximate surface area is 207 Å². The molecule has 0 bridgehead atoms. The lowest BCUT2D eigenvalue weighted by atomic mass is 9.89. The molecule has 3 aromatic heterocycles. The normalized spacial score (nSPS) is 10.9. The summed E-state index contributed by atoms with van der Waals surface area (Å²) in [5.41, 5.74) is 0.618. The number of carboxylic acids is 1. The third kappa shape index (κ3) is 4.42. The van der Waals surface area contributed by atoms with Crippen molar-refractivity contribution in [3.05, 3.63) is 114 Å². The number of pyridine rings is 3. The van der Waals surface area contributed by atoms with E-state index < -0.39 is 29.2 Å². The van der Waals surface area contributed by atoms with Gasteiger partial charge in [-0.25, -0.2) is 27.3 Å². The molecule has 0 unspecified atom stereocenters. The molecule has 5 nitrogen and oxygen atoms in total. The fourth-order valence-corrected chi connectivity index (χ4v) is 4.14. The smallest absolute Gasteiger partial charge is 0.355 e. The van der Waals surface area contributed by atoms with Gasteiger partial charge in [0, 0.05) is 58.5 Å².